The molecule has 0 saturated heterocycles. The van der Waals surface area contributed by atoms with Crippen molar-refractivity contribution in [3.63, 3.8) is 0 Å². The molecular formula is C27H23N3. The Morgan fingerprint density at radius 2 is 1.17 bits per heavy atom. The van der Waals surface area contributed by atoms with Gasteiger partial charge in [0.25, 0.3) is 0 Å². The molecule has 0 aliphatic heterocycles. The van der Waals surface area contributed by atoms with Crippen LogP contribution in [0.4, 0.5) is 0 Å². The lowest BCUT2D eigenvalue weighted by Gasteiger charge is -2.23. The molecule has 0 aliphatic rings. The van der Waals surface area contributed by atoms with Gasteiger partial charge in [-0.15, -0.1) is 0 Å². The number of nitrogens with zero attached hydrogens (tertiary/aromatic N) is 3. The molecule has 0 spiro atoms. The maximum atomic E-state index is 9.12. The van der Waals surface area contributed by atoms with Crippen LogP contribution < -0.4 is 0 Å². The van der Waals surface area contributed by atoms with E-state index in [4.69, 9.17) is 5.26 Å². The Balaban J connectivity index is 1.86. The fraction of sp³-hybridized carbons (Fsp3) is 0.148. The topological polar surface area (TPSA) is 49.6 Å². The monoisotopic (exact) mass is 389 g/mol. The van der Waals surface area contributed by atoms with Gasteiger partial charge in [-0.2, -0.15) is 5.26 Å². The number of aromatic nitrogens is 2. The highest BCUT2D eigenvalue weighted by molar-refractivity contribution is 5.70. The van der Waals surface area contributed by atoms with Crippen molar-refractivity contribution < 1.29 is 0 Å². The Morgan fingerprint density at radius 1 is 0.667 bits per heavy atom. The molecule has 0 saturated carbocycles. The van der Waals surface area contributed by atoms with E-state index < -0.39 is 0 Å². The molecule has 0 N–H and O–H groups in total. The highest BCUT2D eigenvalue weighted by atomic mass is 14.7. The van der Waals surface area contributed by atoms with Crippen molar-refractivity contribution in [3.8, 4) is 28.6 Å². The molecule has 2 aromatic carbocycles. The number of nitriles is 1. The third kappa shape index (κ3) is 4.29. The lowest BCUT2D eigenvalue weighted by molar-refractivity contribution is 0.674. The number of pyridine rings is 2. The lowest BCUT2D eigenvalue weighted by atomic mass is 9.81. The normalized spacial score (nSPS) is 10.7. The van der Waals surface area contributed by atoms with Gasteiger partial charge < -0.3 is 0 Å². The van der Waals surface area contributed by atoms with Gasteiger partial charge in [0.1, 0.15) is 0 Å². The molecule has 0 atom stereocenters. The first kappa shape index (κ1) is 19.5. The van der Waals surface area contributed by atoms with Gasteiger partial charge in [0.2, 0.25) is 0 Å². The molecule has 0 bridgehead atoms. The van der Waals surface area contributed by atoms with Crippen molar-refractivity contribution in [2.45, 2.75) is 25.2 Å². The van der Waals surface area contributed by atoms with Crippen molar-refractivity contribution in [1.29, 1.82) is 5.26 Å². The van der Waals surface area contributed by atoms with Crippen LogP contribution in [-0.4, -0.2) is 9.97 Å². The summed E-state index contributed by atoms with van der Waals surface area (Å²) in [5, 5.41) is 9.12. The molecule has 0 amide bonds. The van der Waals surface area contributed by atoms with E-state index in [-0.39, 0.29) is 5.92 Å². The minimum Gasteiger partial charge on any atom is -0.256 e. The summed E-state index contributed by atoms with van der Waals surface area (Å²) in [6.07, 6.45) is 5.95. The third-order valence-corrected chi connectivity index (χ3v) is 5.34. The zero-order valence-electron chi connectivity index (χ0n) is 16.8. The number of benzene rings is 2. The van der Waals surface area contributed by atoms with Crippen LogP contribution in [0, 0.1) is 11.3 Å². The van der Waals surface area contributed by atoms with Gasteiger partial charge >= 0.3 is 0 Å². The van der Waals surface area contributed by atoms with E-state index in [9.17, 15) is 0 Å². The molecule has 0 radical (unpaired) electrons. The van der Waals surface area contributed by atoms with E-state index in [0.717, 1.165) is 35.4 Å². The Kier molecular flexibility index (Phi) is 6.27. The molecule has 30 heavy (non-hydrogen) atoms. The average molecular weight is 390 g/mol. The summed E-state index contributed by atoms with van der Waals surface area (Å²) < 4.78 is 0. The molecule has 0 aliphatic carbocycles. The second kappa shape index (κ2) is 9.62. The summed E-state index contributed by atoms with van der Waals surface area (Å²) in [6.45, 7) is 0. The Morgan fingerprint density at radius 3 is 1.63 bits per heavy atom. The Bertz CT molecular complexity index is 1050. The first-order valence-corrected chi connectivity index (χ1v) is 10.3. The largest absolute Gasteiger partial charge is 0.256 e. The molecular weight excluding hydrogens is 366 g/mol. The van der Waals surface area contributed by atoms with Crippen molar-refractivity contribution in [1.82, 2.24) is 9.97 Å². The summed E-state index contributed by atoms with van der Waals surface area (Å²) in [4.78, 5) is 9.20. The van der Waals surface area contributed by atoms with Crippen LogP contribution in [-0.2, 0) is 0 Å². The predicted octanol–water partition coefficient (Wildman–Crippen LogP) is 6.64. The van der Waals surface area contributed by atoms with E-state index in [2.05, 4.69) is 76.7 Å². The van der Waals surface area contributed by atoms with Crippen LogP contribution in [0.15, 0.2) is 97.3 Å². The van der Waals surface area contributed by atoms with Gasteiger partial charge in [0.15, 0.2) is 0 Å². The Hall–Kier alpha value is -3.77. The van der Waals surface area contributed by atoms with Crippen LogP contribution in [0.25, 0.3) is 22.5 Å². The molecule has 4 aromatic rings. The van der Waals surface area contributed by atoms with E-state index >= 15 is 0 Å². The predicted molar refractivity (Wildman–Crippen MR) is 121 cm³/mol. The number of hydrogen-bond acceptors (Lipinski definition) is 3. The van der Waals surface area contributed by atoms with Gasteiger partial charge in [-0.25, -0.2) is 0 Å². The first-order valence-electron chi connectivity index (χ1n) is 10.3. The third-order valence-electron chi connectivity index (χ3n) is 5.34. The highest BCUT2D eigenvalue weighted by Crippen LogP contribution is 2.39. The van der Waals surface area contributed by atoms with Gasteiger partial charge in [0.05, 0.1) is 17.5 Å². The fourth-order valence-corrected chi connectivity index (χ4v) is 3.98. The van der Waals surface area contributed by atoms with Gasteiger partial charge in [-0.1, -0.05) is 60.7 Å². The summed E-state index contributed by atoms with van der Waals surface area (Å²) in [6, 6.07) is 31.3. The van der Waals surface area contributed by atoms with E-state index in [1.165, 1.54) is 11.1 Å². The summed E-state index contributed by atoms with van der Waals surface area (Å²) in [5.41, 5.74) is 6.67. The van der Waals surface area contributed by atoms with Crippen LogP contribution in [0.1, 0.15) is 36.3 Å². The zero-order valence-corrected chi connectivity index (χ0v) is 16.8. The number of hydrogen-bond donors (Lipinski definition) is 0. The van der Waals surface area contributed by atoms with Crippen molar-refractivity contribution >= 4 is 0 Å². The zero-order chi connectivity index (χ0) is 20.6. The van der Waals surface area contributed by atoms with Gasteiger partial charge in [0, 0.05) is 35.9 Å². The van der Waals surface area contributed by atoms with Crippen LogP contribution in [0.5, 0.6) is 0 Å². The number of unbranched alkanes of at least 4 members (excludes halogenated alkanes) is 1. The van der Waals surface area contributed by atoms with Crippen molar-refractivity contribution in [2.75, 3.05) is 0 Å². The van der Waals surface area contributed by atoms with Gasteiger partial charge in [-0.05, 0) is 48.2 Å². The molecule has 2 aromatic heterocycles. The van der Waals surface area contributed by atoms with Crippen LogP contribution in [0.2, 0.25) is 0 Å². The van der Waals surface area contributed by atoms with Gasteiger partial charge in [-0.3, -0.25) is 9.97 Å². The number of rotatable bonds is 7. The summed E-state index contributed by atoms with van der Waals surface area (Å²) in [7, 11) is 0. The molecule has 146 valence electrons. The first-order chi connectivity index (χ1) is 14.9. The minimum atomic E-state index is 0.148. The van der Waals surface area contributed by atoms with Crippen LogP contribution in [0.3, 0.4) is 0 Å². The standard InChI is InChI=1S/C27H23N3/c28-18-8-5-13-21(22-11-1-3-14-24(22)26-16-6-9-19-29-26)23-12-2-4-15-25(23)27-17-7-10-20-30-27/h1-4,6-7,9-12,14-17,19-21H,5,8,13H2. The van der Waals surface area contributed by atoms with Crippen LogP contribution >= 0.6 is 0 Å². The quantitative estimate of drug-likeness (QED) is 0.333. The van der Waals surface area contributed by atoms with E-state index in [1.54, 1.807) is 0 Å². The highest BCUT2D eigenvalue weighted by Gasteiger charge is 2.21. The fourth-order valence-electron chi connectivity index (χ4n) is 3.98. The molecule has 3 nitrogen and oxygen atoms in total. The van der Waals surface area contributed by atoms with E-state index in [1.807, 2.05) is 36.7 Å². The molecule has 2 heterocycles. The van der Waals surface area contributed by atoms with Crippen molar-refractivity contribution in [3.05, 3.63) is 108 Å². The maximum absolute atomic E-state index is 9.12. The lowest BCUT2D eigenvalue weighted by Crippen LogP contribution is -2.06. The second-order valence-electron chi connectivity index (χ2n) is 7.21. The Labute approximate surface area is 177 Å². The van der Waals surface area contributed by atoms with Crippen molar-refractivity contribution in [2.24, 2.45) is 0 Å². The average Bonchev–Trinajstić information content (AvgIpc) is 2.83. The smallest absolute Gasteiger partial charge is 0.0704 e. The minimum absolute atomic E-state index is 0.148. The molecule has 3 heteroatoms. The summed E-state index contributed by atoms with van der Waals surface area (Å²) >= 11 is 0. The maximum Gasteiger partial charge on any atom is 0.0704 e. The second-order valence-corrected chi connectivity index (χ2v) is 7.21. The SMILES string of the molecule is N#CCCCC(c1ccccc1-c1ccccn1)c1ccccc1-c1ccccn1. The molecule has 0 fully saturated rings. The molecule has 0 unspecified atom stereocenters. The van der Waals surface area contributed by atoms with E-state index in [0.29, 0.717) is 6.42 Å². The summed E-state index contributed by atoms with van der Waals surface area (Å²) in [5.74, 6) is 0.148. The molecule has 4 rings (SSSR count).